The lowest BCUT2D eigenvalue weighted by molar-refractivity contribution is 1.96. The van der Waals surface area contributed by atoms with Crippen molar-refractivity contribution < 1.29 is 0 Å². The molecule has 0 bridgehead atoms. The molecule has 30 valence electrons. The van der Waals surface area contributed by atoms with Gasteiger partial charge in [0, 0.05) is 10.4 Å². The summed E-state index contributed by atoms with van der Waals surface area (Å²) in [6, 6.07) is 0. The van der Waals surface area contributed by atoms with E-state index in [1.807, 2.05) is 0 Å². The Balaban J connectivity index is 3.94. The standard InChI is InChI=1S/C5H4O/c1-3-4(2)5(3)6/h1-2H2. The Kier molecular flexibility index (Phi) is 0.346. The van der Waals surface area contributed by atoms with Crippen LogP contribution in [0, 0.1) is 0 Å². The average Bonchev–Trinajstić information content (AvgIpc) is 1.94. The topological polar surface area (TPSA) is 17.1 Å². The van der Waals surface area contributed by atoms with Gasteiger partial charge in [-0.25, -0.2) is 0 Å². The van der Waals surface area contributed by atoms with Crippen LogP contribution in [0.1, 0.15) is 0 Å². The molecule has 1 aromatic carbocycles. The highest BCUT2D eigenvalue weighted by atomic mass is 16.1. The molecule has 0 saturated heterocycles. The summed E-state index contributed by atoms with van der Waals surface area (Å²) in [5.74, 6) is 0. The predicted molar refractivity (Wildman–Crippen MR) is 25.4 cm³/mol. The molecule has 0 spiro atoms. The van der Waals surface area contributed by atoms with Crippen LogP contribution in [-0.4, -0.2) is 0 Å². The van der Waals surface area contributed by atoms with Crippen molar-refractivity contribution in [3.63, 3.8) is 0 Å². The van der Waals surface area contributed by atoms with Gasteiger partial charge in [-0.3, -0.25) is 4.79 Å². The Morgan fingerprint density at radius 1 is 1.17 bits per heavy atom. The van der Waals surface area contributed by atoms with Crippen molar-refractivity contribution in [1.82, 2.24) is 0 Å². The summed E-state index contributed by atoms with van der Waals surface area (Å²) in [5.41, 5.74) is 0.0370. The summed E-state index contributed by atoms with van der Waals surface area (Å²) >= 11 is 0. The number of hydrogen-bond donors (Lipinski definition) is 0. The van der Waals surface area contributed by atoms with Crippen LogP contribution in [0.2, 0.25) is 0 Å². The quantitative estimate of drug-likeness (QED) is 0.380. The number of hydrogen-bond acceptors (Lipinski definition) is 1. The normalized spacial score (nSPS) is 10.0. The summed E-state index contributed by atoms with van der Waals surface area (Å²) < 4.78 is 0. The lowest BCUT2D eigenvalue weighted by Crippen LogP contribution is -1.87. The van der Waals surface area contributed by atoms with Gasteiger partial charge in [0.15, 0.2) is 5.43 Å². The Morgan fingerprint density at radius 3 is 1.33 bits per heavy atom. The van der Waals surface area contributed by atoms with Gasteiger partial charge in [-0.15, -0.1) is 0 Å². The van der Waals surface area contributed by atoms with Crippen LogP contribution in [0.25, 0.3) is 13.2 Å². The second kappa shape index (κ2) is 0.620. The van der Waals surface area contributed by atoms with Gasteiger partial charge in [0.25, 0.3) is 0 Å². The van der Waals surface area contributed by atoms with Crippen LogP contribution in [-0.2, 0) is 0 Å². The summed E-state index contributed by atoms with van der Waals surface area (Å²) in [6.07, 6.45) is 0. The van der Waals surface area contributed by atoms with E-state index in [4.69, 9.17) is 0 Å². The van der Waals surface area contributed by atoms with Crippen LogP contribution >= 0.6 is 0 Å². The second-order valence-electron chi connectivity index (χ2n) is 1.29. The van der Waals surface area contributed by atoms with Crippen molar-refractivity contribution in [3.8, 4) is 0 Å². The summed E-state index contributed by atoms with van der Waals surface area (Å²) in [6.45, 7) is 6.76. The van der Waals surface area contributed by atoms with Crippen LogP contribution in [0.15, 0.2) is 4.79 Å². The molecule has 1 heteroatoms. The smallest absolute Gasteiger partial charge is 0.193 e. The Bertz CT molecular complexity index is 185. The first-order valence-corrected chi connectivity index (χ1v) is 1.66. The van der Waals surface area contributed by atoms with Gasteiger partial charge in [-0.1, -0.05) is 13.2 Å². The maximum absolute atomic E-state index is 10.0. The van der Waals surface area contributed by atoms with Gasteiger partial charge in [-0.2, -0.15) is 0 Å². The zero-order valence-electron chi connectivity index (χ0n) is 3.32. The zero-order valence-corrected chi connectivity index (χ0v) is 3.32. The van der Waals surface area contributed by atoms with Gasteiger partial charge in [0.1, 0.15) is 0 Å². The molecule has 0 heterocycles. The average molecular weight is 80.1 g/mol. The molecule has 0 N–H and O–H groups in total. The zero-order chi connectivity index (χ0) is 4.73. The van der Waals surface area contributed by atoms with Gasteiger partial charge in [-0.05, 0) is 0 Å². The highest BCUT2D eigenvalue weighted by Crippen LogP contribution is 1.29. The van der Waals surface area contributed by atoms with E-state index in [-0.39, 0.29) is 5.43 Å². The molecular formula is C5H4O. The van der Waals surface area contributed by atoms with Gasteiger partial charge in [0.2, 0.25) is 0 Å². The van der Waals surface area contributed by atoms with Crippen molar-refractivity contribution in [1.29, 1.82) is 0 Å². The molecule has 0 fully saturated rings. The molecule has 0 unspecified atom stereocenters. The summed E-state index contributed by atoms with van der Waals surface area (Å²) in [7, 11) is 0. The van der Waals surface area contributed by atoms with E-state index in [1.165, 1.54) is 0 Å². The lowest BCUT2D eigenvalue weighted by Gasteiger charge is -1.23. The van der Waals surface area contributed by atoms with E-state index in [0.717, 1.165) is 0 Å². The van der Waals surface area contributed by atoms with E-state index in [0.29, 0.717) is 10.4 Å². The van der Waals surface area contributed by atoms with E-state index in [2.05, 4.69) is 13.2 Å². The first kappa shape index (κ1) is 3.34. The molecule has 0 saturated carbocycles. The summed E-state index contributed by atoms with van der Waals surface area (Å²) in [4.78, 5) is 10.0. The van der Waals surface area contributed by atoms with Gasteiger partial charge >= 0.3 is 0 Å². The molecule has 0 aliphatic rings. The lowest BCUT2D eigenvalue weighted by atomic mass is 10.8. The Hall–Kier alpha value is -0.850. The molecule has 1 nitrogen and oxygen atoms in total. The third-order valence-corrected chi connectivity index (χ3v) is 0.850. The monoisotopic (exact) mass is 80.0 g/mol. The highest BCUT2D eigenvalue weighted by molar-refractivity contribution is 5.22. The SMILES string of the molecule is C=c1c(=C)c1=O. The van der Waals surface area contributed by atoms with Crippen molar-refractivity contribution in [2.24, 2.45) is 0 Å². The highest BCUT2D eigenvalue weighted by Gasteiger charge is 1.96. The predicted octanol–water partition coefficient (Wildman–Crippen LogP) is -1.26. The van der Waals surface area contributed by atoms with Crippen molar-refractivity contribution in [3.05, 3.63) is 20.7 Å². The fourth-order valence-corrected chi connectivity index (χ4v) is 0.249. The molecule has 0 amide bonds. The summed E-state index contributed by atoms with van der Waals surface area (Å²) in [5, 5.41) is 1.19. The van der Waals surface area contributed by atoms with E-state index in [1.54, 1.807) is 0 Å². The molecule has 0 aliphatic heterocycles. The maximum atomic E-state index is 10.0. The minimum absolute atomic E-state index is 0.0370. The number of rotatable bonds is 0. The van der Waals surface area contributed by atoms with Crippen LogP contribution in [0.4, 0.5) is 0 Å². The first-order chi connectivity index (χ1) is 2.73. The van der Waals surface area contributed by atoms with E-state index < -0.39 is 0 Å². The largest absolute Gasteiger partial charge is 0.289 e. The maximum Gasteiger partial charge on any atom is 0.193 e. The van der Waals surface area contributed by atoms with Gasteiger partial charge in [0.05, 0.1) is 0 Å². The Labute approximate surface area is 34.9 Å². The first-order valence-electron chi connectivity index (χ1n) is 1.66. The molecule has 0 aliphatic carbocycles. The molecule has 1 aromatic rings. The molecule has 0 radical (unpaired) electrons. The van der Waals surface area contributed by atoms with Crippen LogP contribution in [0.5, 0.6) is 0 Å². The van der Waals surface area contributed by atoms with Crippen LogP contribution < -0.4 is 15.9 Å². The third-order valence-electron chi connectivity index (χ3n) is 0.850. The fourth-order valence-electron chi connectivity index (χ4n) is 0.249. The van der Waals surface area contributed by atoms with Crippen molar-refractivity contribution in [2.45, 2.75) is 0 Å². The van der Waals surface area contributed by atoms with Crippen molar-refractivity contribution >= 4 is 13.2 Å². The minimum atomic E-state index is 0.0370. The molecular weight excluding hydrogens is 76.1 g/mol. The molecule has 6 heavy (non-hydrogen) atoms. The van der Waals surface area contributed by atoms with Crippen LogP contribution in [0.3, 0.4) is 0 Å². The third kappa shape index (κ3) is 0.174. The second-order valence-corrected chi connectivity index (χ2v) is 1.29. The van der Waals surface area contributed by atoms with E-state index in [9.17, 15) is 4.79 Å². The van der Waals surface area contributed by atoms with Gasteiger partial charge < -0.3 is 0 Å². The van der Waals surface area contributed by atoms with E-state index >= 15 is 0 Å². The molecule has 1 rings (SSSR count). The minimum Gasteiger partial charge on any atom is -0.289 e. The Morgan fingerprint density at radius 2 is 1.33 bits per heavy atom. The molecule has 0 atom stereocenters. The molecule has 0 aromatic heterocycles. The van der Waals surface area contributed by atoms with Crippen molar-refractivity contribution in [2.75, 3.05) is 0 Å². The fraction of sp³-hybridized carbons (Fsp3) is 0.